The van der Waals surface area contributed by atoms with Crippen molar-refractivity contribution in [3.8, 4) is 11.8 Å². The van der Waals surface area contributed by atoms with Crippen LogP contribution in [0.5, 0.6) is 0 Å². The Balaban J connectivity index is 2.38. The second-order valence-electron chi connectivity index (χ2n) is 5.24. The van der Waals surface area contributed by atoms with Gasteiger partial charge in [0.2, 0.25) is 0 Å². The third kappa shape index (κ3) is 2.49. The van der Waals surface area contributed by atoms with E-state index < -0.39 is 51.2 Å². The molecule has 0 radical (unpaired) electrons. The van der Waals surface area contributed by atoms with E-state index in [1.807, 2.05) is 5.32 Å². The number of carbonyl (C=O) groups excluding carboxylic acids is 2. The molecule has 0 saturated heterocycles. The third-order valence-corrected chi connectivity index (χ3v) is 3.98. The molecule has 1 aromatic carbocycles. The Hall–Kier alpha value is -3.32. The van der Waals surface area contributed by atoms with E-state index in [9.17, 15) is 32.8 Å². The van der Waals surface area contributed by atoms with Gasteiger partial charge in [-0.05, 0) is 12.1 Å². The van der Waals surface area contributed by atoms with Gasteiger partial charge in [0.1, 0.15) is 11.9 Å². The fourth-order valence-corrected chi connectivity index (χ4v) is 2.89. The molecule has 0 fully saturated rings. The van der Waals surface area contributed by atoms with Crippen LogP contribution in [0.15, 0.2) is 23.0 Å². The van der Waals surface area contributed by atoms with Crippen LogP contribution < -0.4 is 16.6 Å². The number of aromatic nitrogens is 1. The van der Waals surface area contributed by atoms with Gasteiger partial charge in [-0.25, -0.2) is 0 Å². The van der Waals surface area contributed by atoms with Crippen LogP contribution in [0, 0.1) is 11.3 Å². The molecule has 1 aliphatic heterocycles. The monoisotopic (exact) mass is 382 g/mol. The number of nitrogens with zero attached hydrogens (tertiary/aromatic N) is 2. The van der Waals surface area contributed by atoms with Crippen LogP contribution in [0.4, 0.5) is 19.0 Å². The van der Waals surface area contributed by atoms with Crippen LogP contribution in [0.25, 0.3) is 5.69 Å². The van der Waals surface area contributed by atoms with E-state index in [0.717, 1.165) is 6.07 Å². The molecule has 132 valence electrons. The number of amides is 2. The van der Waals surface area contributed by atoms with E-state index in [0.29, 0.717) is 16.7 Å². The molecule has 11 heteroatoms. The summed E-state index contributed by atoms with van der Waals surface area (Å²) in [6.45, 7) is 0. The van der Waals surface area contributed by atoms with Crippen LogP contribution in [-0.4, -0.2) is 16.4 Å². The van der Waals surface area contributed by atoms with Gasteiger partial charge in [0, 0.05) is 6.07 Å². The van der Waals surface area contributed by atoms with Gasteiger partial charge in [-0.2, -0.15) is 18.4 Å². The number of hydrogen-bond donors (Lipinski definition) is 2. The van der Waals surface area contributed by atoms with Crippen molar-refractivity contribution >= 4 is 29.2 Å². The number of rotatable bonds is 1. The highest BCUT2D eigenvalue weighted by atomic mass is 35.5. The lowest BCUT2D eigenvalue weighted by Crippen LogP contribution is -2.25. The molecule has 1 aromatic heterocycles. The molecule has 0 saturated carbocycles. The SMILES string of the molecule is N#Cc1cc(C(F)(F)F)cc(Cl)c1-n1c(N)c2c(cc1=O)C(=O)NC2=O. The Bertz CT molecular complexity index is 1100. The van der Waals surface area contributed by atoms with Crippen LogP contribution in [0.3, 0.4) is 0 Å². The first-order chi connectivity index (χ1) is 12.1. The molecule has 0 atom stereocenters. The van der Waals surface area contributed by atoms with E-state index in [4.69, 9.17) is 17.3 Å². The van der Waals surface area contributed by atoms with E-state index in [1.54, 1.807) is 0 Å². The number of nitriles is 1. The van der Waals surface area contributed by atoms with Gasteiger partial charge in [0.15, 0.2) is 0 Å². The first-order valence-corrected chi connectivity index (χ1v) is 7.16. The number of fused-ring (bicyclic) bond motifs is 1. The van der Waals surface area contributed by atoms with E-state index in [-0.39, 0.29) is 11.1 Å². The van der Waals surface area contributed by atoms with Crippen molar-refractivity contribution in [1.82, 2.24) is 9.88 Å². The molecular weight excluding hydrogens is 377 g/mol. The Morgan fingerprint density at radius 1 is 1.15 bits per heavy atom. The molecule has 0 aliphatic carbocycles. The van der Waals surface area contributed by atoms with Gasteiger partial charge in [-0.15, -0.1) is 0 Å². The van der Waals surface area contributed by atoms with E-state index in [2.05, 4.69) is 0 Å². The van der Waals surface area contributed by atoms with Gasteiger partial charge in [0.05, 0.1) is 33.0 Å². The topological polar surface area (TPSA) is 118 Å². The number of alkyl halides is 3. The highest BCUT2D eigenvalue weighted by molar-refractivity contribution is 6.33. The summed E-state index contributed by atoms with van der Waals surface area (Å²) in [5.41, 5.74) is 2.07. The molecule has 7 nitrogen and oxygen atoms in total. The lowest BCUT2D eigenvalue weighted by atomic mass is 10.1. The molecule has 1 aliphatic rings. The maximum absolute atomic E-state index is 12.9. The van der Waals surface area contributed by atoms with Gasteiger partial charge in [-0.1, -0.05) is 11.6 Å². The van der Waals surface area contributed by atoms with Crippen molar-refractivity contribution < 1.29 is 22.8 Å². The molecule has 2 heterocycles. The Morgan fingerprint density at radius 2 is 1.81 bits per heavy atom. The average Bonchev–Trinajstić information content (AvgIpc) is 2.81. The Labute approximate surface area is 147 Å². The van der Waals surface area contributed by atoms with Gasteiger partial charge >= 0.3 is 6.18 Å². The summed E-state index contributed by atoms with van der Waals surface area (Å²) in [6, 6.07) is 3.35. The first-order valence-electron chi connectivity index (χ1n) is 6.78. The van der Waals surface area contributed by atoms with Crippen molar-refractivity contribution in [2.24, 2.45) is 0 Å². The predicted octanol–water partition coefficient (Wildman–Crippen LogP) is 1.85. The Kier molecular flexibility index (Phi) is 3.77. The number of imide groups is 1. The number of halogens is 4. The lowest BCUT2D eigenvalue weighted by Gasteiger charge is -2.16. The van der Waals surface area contributed by atoms with Crippen LogP contribution >= 0.6 is 11.6 Å². The number of hydrogen-bond acceptors (Lipinski definition) is 5. The summed E-state index contributed by atoms with van der Waals surface area (Å²) in [5.74, 6) is -2.23. The fourth-order valence-electron chi connectivity index (χ4n) is 2.59. The van der Waals surface area contributed by atoms with E-state index >= 15 is 0 Å². The average molecular weight is 383 g/mol. The molecule has 3 rings (SSSR count). The zero-order valence-corrected chi connectivity index (χ0v) is 13.2. The van der Waals surface area contributed by atoms with Crippen LogP contribution in [0.2, 0.25) is 5.02 Å². The molecule has 0 spiro atoms. The number of anilines is 1. The molecule has 0 unspecified atom stereocenters. The number of carbonyl (C=O) groups is 2. The maximum Gasteiger partial charge on any atom is 0.416 e. The summed E-state index contributed by atoms with van der Waals surface area (Å²) >= 11 is 5.88. The number of nitrogen functional groups attached to an aromatic ring is 1. The number of pyridine rings is 1. The minimum atomic E-state index is -4.77. The Morgan fingerprint density at radius 3 is 2.38 bits per heavy atom. The first kappa shape index (κ1) is 17.5. The third-order valence-electron chi connectivity index (χ3n) is 3.69. The second-order valence-corrected chi connectivity index (χ2v) is 5.65. The summed E-state index contributed by atoms with van der Waals surface area (Å²) in [4.78, 5) is 35.8. The molecule has 2 amide bonds. The summed E-state index contributed by atoms with van der Waals surface area (Å²) in [5, 5.41) is 10.6. The lowest BCUT2D eigenvalue weighted by molar-refractivity contribution is -0.137. The van der Waals surface area contributed by atoms with Crippen LogP contribution in [0.1, 0.15) is 31.8 Å². The number of nitrogens with two attached hydrogens (primary N) is 1. The van der Waals surface area contributed by atoms with Gasteiger partial charge < -0.3 is 5.73 Å². The molecule has 3 N–H and O–H groups in total. The van der Waals surface area contributed by atoms with Crippen molar-refractivity contribution in [3.63, 3.8) is 0 Å². The molecule has 0 bridgehead atoms. The van der Waals surface area contributed by atoms with Crippen molar-refractivity contribution in [2.45, 2.75) is 6.18 Å². The zero-order valence-electron chi connectivity index (χ0n) is 12.4. The van der Waals surface area contributed by atoms with Crippen molar-refractivity contribution in [3.05, 3.63) is 55.8 Å². The van der Waals surface area contributed by atoms with Gasteiger partial charge in [-0.3, -0.25) is 24.3 Å². The molecule has 2 aromatic rings. The summed E-state index contributed by atoms with van der Waals surface area (Å²) in [7, 11) is 0. The van der Waals surface area contributed by atoms with Crippen molar-refractivity contribution in [1.29, 1.82) is 5.26 Å². The van der Waals surface area contributed by atoms with Gasteiger partial charge in [0.25, 0.3) is 17.4 Å². The standard InChI is InChI=1S/C15H6ClF3N4O3/c16-8-2-6(15(17,18)19)1-5(4-20)11(8)23-9(24)3-7-10(12(23)21)14(26)22-13(7)25/h1-3H,21H2,(H,22,25,26). The fraction of sp³-hybridized carbons (Fsp3) is 0.0667. The number of nitrogens with one attached hydrogen (secondary N) is 1. The molecular formula is C15H6ClF3N4O3. The van der Waals surface area contributed by atoms with Crippen molar-refractivity contribution in [2.75, 3.05) is 5.73 Å². The quantitative estimate of drug-likeness (QED) is 0.730. The van der Waals surface area contributed by atoms with E-state index in [1.165, 1.54) is 6.07 Å². The highest BCUT2D eigenvalue weighted by Gasteiger charge is 2.35. The minimum absolute atomic E-state index is 0.268. The number of benzene rings is 1. The van der Waals surface area contributed by atoms with Crippen LogP contribution in [-0.2, 0) is 6.18 Å². The summed E-state index contributed by atoms with van der Waals surface area (Å²) < 4.78 is 39.3. The highest BCUT2D eigenvalue weighted by Crippen LogP contribution is 2.36. The predicted molar refractivity (Wildman–Crippen MR) is 83.0 cm³/mol. The molecule has 26 heavy (non-hydrogen) atoms. The maximum atomic E-state index is 12.9. The smallest absolute Gasteiger partial charge is 0.384 e. The normalized spacial score (nSPS) is 13.3. The second kappa shape index (κ2) is 5.60. The minimum Gasteiger partial charge on any atom is -0.384 e. The zero-order chi connectivity index (χ0) is 19.4. The summed E-state index contributed by atoms with van der Waals surface area (Å²) in [6.07, 6.45) is -4.77. The largest absolute Gasteiger partial charge is 0.416 e.